The van der Waals surface area contributed by atoms with Crippen molar-refractivity contribution in [3.8, 4) is 22.6 Å². The molecule has 188 valence electrons. The molecule has 2 atom stereocenters. The lowest BCUT2D eigenvalue weighted by Gasteiger charge is -2.20. The molecule has 0 bridgehead atoms. The zero-order valence-electron chi connectivity index (χ0n) is 21.3. The number of hydrogen-bond donors (Lipinski definition) is 2. The third-order valence-corrected chi connectivity index (χ3v) is 7.71. The molecule has 2 N–H and O–H groups in total. The maximum absolute atomic E-state index is 11.9. The van der Waals surface area contributed by atoms with Crippen molar-refractivity contribution in [2.24, 2.45) is 5.92 Å². The van der Waals surface area contributed by atoms with Crippen molar-refractivity contribution in [1.29, 1.82) is 0 Å². The number of hydrogen-bond acceptors (Lipinski definition) is 5. The van der Waals surface area contributed by atoms with Crippen LogP contribution in [0.1, 0.15) is 35.6 Å². The number of carbonyl (C=O) groups is 1. The molecule has 0 spiro atoms. The van der Waals surface area contributed by atoms with Gasteiger partial charge in [0, 0.05) is 11.3 Å². The lowest BCUT2D eigenvalue weighted by atomic mass is 9.97. The minimum Gasteiger partial charge on any atom is -0.496 e. The van der Waals surface area contributed by atoms with Crippen LogP contribution in [-0.2, 0) is 29.0 Å². The van der Waals surface area contributed by atoms with Crippen LogP contribution >= 0.6 is 0 Å². The number of ether oxygens (including phenoxy) is 3. The van der Waals surface area contributed by atoms with Gasteiger partial charge in [0.2, 0.25) is 0 Å². The second-order valence-electron chi connectivity index (χ2n) is 9.99. The number of fused-ring (bicyclic) bond motifs is 1. The van der Waals surface area contributed by atoms with Gasteiger partial charge < -0.3 is 24.6 Å². The molecule has 2 aliphatic rings. The van der Waals surface area contributed by atoms with Crippen LogP contribution in [0, 0.1) is 12.8 Å². The molecule has 1 fully saturated rings. The molecule has 1 saturated carbocycles. The Morgan fingerprint density at radius 1 is 1.03 bits per heavy atom. The largest absolute Gasteiger partial charge is 0.496 e. The molecule has 5 rings (SSSR count). The highest BCUT2D eigenvalue weighted by molar-refractivity contribution is 5.87. The molecule has 0 amide bonds. The Morgan fingerprint density at radius 3 is 2.17 bits per heavy atom. The van der Waals surface area contributed by atoms with Crippen molar-refractivity contribution >= 4 is 11.7 Å². The number of benzene rings is 3. The number of nitrogens with one attached hydrogen (secondary N) is 1. The summed E-state index contributed by atoms with van der Waals surface area (Å²) in [6.07, 6.45) is 2.52. The second kappa shape index (κ2) is 9.51. The van der Waals surface area contributed by atoms with E-state index in [-0.39, 0.29) is 12.0 Å². The molecule has 36 heavy (non-hydrogen) atoms. The SMILES string of the molecule is COc1cc(-c2ccc(NC3(C(=O)O)C[C@@H]3C)cc2COC2Cc3ccccc3C2)cc(OC)c1C. The van der Waals surface area contributed by atoms with E-state index in [9.17, 15) is 9.90 Å². The van der Waals surface area contributed by atoms with E-state index in [4.69, 9.17) is 14.2 Å². The molecule has 0 heterocycles. The topological polar surface area (TPSA) is 77.0 Å². The fourth-order valence-electron chi connectivity index (χ4n) is 5.37. The third-order valence-electron chi connectivity index (χ3n) is 7.71. The average molecular weight is 488 g/mol. The first-order valence-electron chi connectivity index (χ1n) is 12.4. The van der Waals surface area contributed by atoms with Crippen LogP contribution in [0.2, 0.25) is 0 Å². The van der Waals surface area contributed by atoms with Crippen molar-refractivity contribution in [3.05, 3.63) is 76.9 Å². The van der Waals surface area contributed by atoms with Crippen LogP contribution in [0.3, 0.4) is 0 Å². The maximum Gasteiger partial charge on any atom is 0.329 e. The molecular weight excluding hydrogens is 454 g/mol. The number of methoxy groups -OCH3 is 2. The Hall–Kier alpha value is -3.51. The van der Waals surface area contributed by atoms with Gasteiger partial charge in [-0.3, -0.25) is 0 Å². The van der Waals surface area contributed by atoms with Crippen LogP contribution in [0.4, 0.5) is 5.69 Å². The highest BCUT2D eigenvalue weighted by Crippen LogP contribution is 2.46. The van der Waals surface area contributed by atoms with Crippen LogP contribution < -0.4 is 14.8 Å². The van der Waals surface area contributed by atoms with Gasteiger partial charge in [-0.1, -0.05) is 37.3 Å². The van der Waals surface area contributed by atoms with Crippen LogP contribution in [0.5, 0.6) is 11.5 Å². The normalized spacial score (nSPS) is 20.6. The van der Waals surface area contributed by atoms with Crippen molar-refractivity contribution in [2.45, 2.75) is 51.4 Å². The van der Waals surface area contributed by atoms with Gasteiger partial charge in [-0.05, 0) is 84.2 Å². The number of aliphatic carboxylic acids is 1. The average Bonchev–Trinajstić information content (AvgIpc) is 3.34. The molecule has 6 nitrogen and oxygen atoms in total. The lowest BCUT2D eigenvalue weighted by molar-refractivity contribution is -0.139. The van der Waals surface area contributed by atoms with Gasteiger partial charge in [0.25, 0.3) is 0 Å². The Kier molecular flexibility index (Phi) is 6.39. The minimum absolute atomic E-state index is 0.0805. The van der Waals surface area contributed by atoms with E-state index < -0.39 is 11.5 Å². The summed E-state index contributed by atoms with van der Waals surface area (Å²) in [7, 11) is 3.31. The number of carboxylic acids is 1. The Labute approximate surface area is 212 Å². The first-order chi connectivity index (χ1) is 17.3. The van der Waals surface area contributed by atoms with E-state index in [1.807, 2.05) is 44.2 Å². The quantitative estimate of drug-likeness (QED) is 0.407. The zero-order valence-corrected chi connectivity index (χ0v) is 21.3. The van der Waals surface area contributed by atoms with Gasteiger partial charge in [0.05, 0.1) is 26.9 Å². The molecule has 3 aromatic carbocycles. The minimum atomic E-state index is -0.900. The van der Waals surface area contributed by atoms with Crippen LogP contribution in [0.15, 0.2) is 54.6 Å². The van der Waals surface area contributed by atoms with Gasteiger partial charge >= 0.3 is 5.97 Å². The summed E-state index contributed by atoms with van der Waals surface area (Å²) >= 11 is 0. The third kappa shape index (κ3) is 4.42. The molecule has 6 heteroatoms. The molecule has 0 aromatic heterocycles. The first kappa shape index (κ1) is 24.2. The summed E-state index contributed by atoms with van der Waals surface area (Å²) in [5, 5.41) is 13.1. The number of anilines is 1. The predicted octanol–water partition coefficient (Wildman–Crippen LogP) is 5.64. The molecule has 0 radical (unpaired) electrons. The van der Waals surface area contributed by atoms with E-state index in [1.165, 1.54) is 11.1 Å². The smallest absolute Gasteiger partial charge is 0.329 e. The Bertz CT molecular complexity index is 1250. The van der Waals surface area contributed by atoms with E-state index in [2.05, 4.69) is 29.6 Å². The van der Waals surface area contributed by atoms with Crippen LogP contribution in [0.25, 0.3) is 11.1 Å². The number of rotatable bonds is 9. The fraction of sp³-hybridized carbons (Fsp3) is 0.367. The molecule has 0 saturated heterocycles. The molecule has 3 aromatic rings. The monoisotopic (exact) mass is 487 g/mol. The Balaban J connectivity index is 1.47. The molecule has 1 unspecified atom stereocenters. The van der Waals surface area contributed by atoms with E-state index in [0.717, 1.165) is 52.3 Å². The molecule has 2 aliphatic carbocycles. The fourth-order valence-corrected chi connectivity index (χ4v) is 5.37. The van der Waals surface area contributed by atoms with Crippen molar-refractivity contribution < 1.29 is 24.1 Å². The van der Waals surface area contributed by atoms with Gasteiger partial charge in [0.15, 0.2) is 0 Å². The van der Waals surface area contributed by atoms with Crippen molar-refractivity contribution in [2.75, 3.05) is 19.5 Å². The first-order valence-corrected chi connectivity index (χ1v) is 12.4. The maximum atomic E-state index is 11.9. The van der Waals surface area contributed by atoms with E-state index >= 15 is 0 Å². The molecular formula is C30H33NO5. The van der Waals surface area contributed by atoms with Gasteiger partial charge in [-0.2, -0.15) is 0 Å². The van der Waals surface area contributed by atoms with Crippen molar-refractivity contribution in [1.82, 2.24) is 0 Å². The summed E-state index contributed by atoms with van der Waals surface area (Å²) < 4.78 is 17.7. The zero-order chi connectivity index (χ0) is 25.4. The Morgan fingerprint density at radius 2 is 1.64 bits per heavy atom. The molecule has 0 aliphatic heterocycles. The summed E-state index contributed by atoms with van der Waals surface area (Å²) in [5.41, 5.74) is 6.46. The summed E-state index contributed by atoms with van der Waals surface area (Å²) in [6, 6.07) is 18.5. The summed E-state index contributed by atoms with van der Waals surface area (Å²) in [5.74, 6) is 0.771. The highest BCUT2D eigenvalue weighted by atomic mass is 16.5. The van der Waals surface area contributed by atoms with Gasteiger partial charge in [-0.15, -0.1) is 0 Å². The highest BCUT2D eigenvalue weighted by Gasteiger charge is 2.58. The predicted molar refractivity (Wildman–Crippen MR) is 140 cm³/mol. The lowest BCUT2D eigenvalue weighted by Crippen LogP contribution is -2.33. The van der Waals surface area contributed by atoms with E-state index in [0.29, 0.717) is 13.0 Å². The number of carboxylic acid groups (broad SMARTS) is 1. The van der Waals surface area contributed by atoms with Gasteiger partial charge in [-0.25, -0.2) is 4.79 Å². The second-order valence-corrected chi connectivity index (χ2v) is 9.99. The van der Waals surface area contributed by atoms with Gasteiger partial charge in [0.1, 0.15) is 17.0 Å². The summed E-state index contributed by atoms with van der Waals surface area (Å²) in [6.45, 7) is 4.35. The standard InChI is InChI=1S/C30H33NO5/c1-18-16-30(18,29(32)33)31-24-9-10-26(22-14-27(34-3)19(2)28(15-22)35-4)23(11-24)17-36-25-12-20-7-5-6-8-21(20)13-25/h5-11,14-15,18,25,31H,12-13,16-17H2,1-4H3,(H,32,33)/t18-,30?/m0/s1. The van der Waals surface area contributed by atoms with E-state index in [1.54, 1.807) is 14.2 Å². The van der Waals surface area contributed by atoms with Crippen LogP contribution in [-0.4, -0.2) is 36.9 Å². The van der Waals surface area contributed by atoms with Crippen molar-refractivity contribution in [3.63, 3.8) is 0 Å². The summed E-state index contributed by atoms with van der Waals surface area (Å²) in [4.78, 5) is 11.9.